The zero-order chi connectivity index (χ0) is 17.1. The highest BCUT2D eigenvalue weighted by Gasteiger charge is 2.46. The van der Waals surface area contributed by atoms with E-state index in [1.165, 1.54) is 11.8 Å². The highest BCUT2D eigenvalue weighted by Crippen LogP contribution is 2.21. The average molecular weight is 333 g/mol. The van der Waals surface area contributed by atoms with Gasteiger partial charge < -0.3 is 19.7 Å². The van der Waals surface area contributed by atoms with Crippen LogP contribution in [-0.2, 0) is 14.3 Å². The number of urea groups is 1. The number of anilines is 1. The van der Waals surface area contributed by atoms with E-state index in [1.807, 2.05) is 0 Å². The van der Waals surface area contributed by atoms with Gasteiger partial charge in [0.1, 0.15) is 18.4 Å². The first kappa shape index (κ1) is 16.3. The SMILES string of the molecule is CC(=O)Nc1cccc(OCCN2C(=O)[C@H]3COCCN3C2=O)c1. The third-order valence-corrected chi connectivity index (χ3v) is 3.89. The van der Waals surface area contributed by atoms with Gasteiger partial charge in [-0.1, -0.05) is 6.07 Å². The van der Waals surface area contributed by atoms with Crippen LogP contribution >= 0.6 is 0 Å². The van der Waals surface area contributed by atoms with E-state index < -0.39 is 6.04 Å². The molecule has 0 bridgehead atoms. The first-order valence-corrected chi connectivity index (χ1v) is 7.76. The fourth-order valence-corrected chi connectivity index (χ4v) is 2.79. The maximum absolute atomic E-state index is 12.2. The molecule has 8 nitrogen and oxygen atoms in total. The van der Waals surface area contributed by atoms with Gasteiger partial charge in [-0.15, -0.1) is 0 Å². The monoisotopic (exact) mass is 333 g/mol. The summed E-state index contributed by atoms with van der Waals surface area (Å²) in [5.74, 6) is 0.149. The fraction of sp³-hybridized carbons (Fsp3) is 0.438. The van der Waals surface area contributed by atoms with Gasteiger partial charge in [0.25, 0.3) is 5.91 Å². The van der Waals surface area contributed by atoms with Crippen LogP contribution < -0.4 is 10.1 Å². The maximum atomic E-state index is 12.2. The molecule has 2 aliphatic rings. The summed E-state index contributed by atoms with van der Waals surface area (Å²) >= 11 is 0. The first-order valence-electron chi connectivity index (χ1n) is 7.76. The molecule has 1 aromatic rings. The molecule has 0 aliphatic carbocycles. The number of hydrogen-bond acceptors (Lipinski definition) is 5. The van der Waals surface area contributed by atoms with Crippen molar-refractivity contribution in [2.24, 2.45) is 0 Å². The number of hydrogen-bond donors (Lipinski definition) is 1. The van der Waals surface area contributed by atoms with Gasteiger partial charge in [0, 0.05) is 25.2 Å². The minimum atomic E-state index is -0.505. The van der Waals surface area contributed by atoms with Crippen LogP contribution in [0.4, 0.5) is 10.5 Å². The van der Waals surface area contributed by atoms with Crippen LogP contribution in [-0.4, -0.2) is 66.6 Å². The topological polar surface area (TPSA) is 88.2 Å². The molecule has 2 fully saturated rings. The molecule has 0 saturated carbocycles. The number of carbonyl (C=O) groups is 3. The van der Waals surface area contributed by atoms with Gasteiger partial charge in [0.2, 0.25) is 5.91 Å². The Morgan fingerprint density at radius 3 is 3.00 bits per heavy atom. The Bertz CT molecular complexity index is 639. The van der Waals surface area contributed by atoms with E-state index in [-0.39, 0.29) is 37.6 Å². The van der Waals surface area contributed by atoms with Crippen molar-refractivity contribution in [2.75, 3.05) is 38.2 Å². The van der Waals surface area contributed by atoms with Crippen molar-refractivity contribution in [3.05, 3.63) is 24.3 Å². The normalized spacial score (nSPS) is 20.1. The molecule has 3 rings (SSSR count). The number of benzene rings is 1. The third-order valence-electron chi connectivity index (χ3n) is 3.89. The fourth-order valence-electron chi connectivity index (χ4n) is 2.79. The smallest absolute Gasteiger partial charge is 0.327 e. The van der Waals surface area contributed by atoms with Crippen molar-refractivity contribution in [3.63, 3.8) is 0 Å². The Morgan fingerprint density at radius 1 is 1.42 bits per heavy atom. The van der Waals surface area contributed by atoms with Crippen molar-refractivity contribution < 1.29 is 23.9 Å². The molecule has 4 amide bonds. The largest absolute Gasteiger partial charge is 0.492 e. The third kappa shape index (κ3) is 3.33. The van der Waals surface area contributed by atoms with E-state index in [1.54, 1.807) is 29.2 Å². The van der Waals surface area contributed by atoms with Gasteiger partial charge in [-0.25, -0.2) is 4.79 Å². The van der Waals surface area contributed by atoms with Gasteiger partial charge in [0.15, 0.2) is 0 Å². The number of carbonyl (C=O) groups excluding carboxylic acids is 3. The van der Waals surface area contributed by atoms with Crippen LogP contribution in [0.5, 0.6) is 5.75 Å². The number of fused-ring (bicyclic) bond motifs is 1. The Morgan fingerprint density at radius 2 is 2.25 bits per heavy atom. The van der Waals surface area contributed by atoms with E-state index in [0.29, 0.717) is 24.6 Å². The van der Waals surface area contributed by atoms with Gasteiger partial charge in [0.05, 0.1) is 19.8 Å². The Labute approximate surface area is 139 Å². The predicted molar refractivity (Wildman–Crippen MR) is 84.7 cm³/mol. The molecule has 0 radical (unpaired) electrons. The van der Waals surface area contributed by atoms with E-state index in [9.17, 15) is 14.4 Å². The van der Waals surface area contributed by atoms with E-state index >= 15 is 0 Å². The van der Waals surface area contributed by atoms with Crippen molar-refractivity contribution in [1.82, 2.24) is 9.80 Å². The van der Waals surface area contributed by atoms with Crippen LogP contribution in [0, 0.1) is 0 Å². The van der Waals surface area contributed by atoms with E-state index in [4.69, 9.17) is 9.47 Å². The molecule has 2 heterocycles. The van der Waals surface area contributed by atoms with Crippen LogP contribution in [0.25, 0.3) is 0 Å². The zero-order valence-electron chi connectivity index (χ0n) is 13.4. The van der Waals surface area contributed by atoms with Crippen molar-refractivity contribution in [3.8, 4) is 5.75 Å². The zero-order valence-corrected chi connectivity index (χ0v) is 13.4. The second-order valence-electron chi connectivity index (χ2n) is 5.61. The number of morpholine rings is 1. The highest BCUT2D eigenvalue weighted by atomic mass is 16.5. The summed E-state index contributed by atoms with van der Waals surface area (Å²) in [6.45, 7) is 2.93. The number of nitrogens with one attached hydrogen (secondary N) is 1. The number of imide groups is 1. The number of nitrogens with zero attached hydrogens (tertiary/aromatic N) is 2. The minimum absolute atomic E-state index is 0.167. The minimum Gasteiger partial charge on any atom is -0.492 e. The lowest BCUT2D eigenvalue weighted by molar-refractivity contribution is -0.131. The molecule has 2 aliphatic heterocycles. The maximum Gasteiger partial charge on any atom is 0.327 e. The molecular weight excluding hydrogens is 314 g/mol. The summed E-state index contributed by atoms with van der Waals surface area (Å²) in [5.41, 5.74) is 0.627. The van der Waals surface area contributed by atoms with Gasteiger partial charge in [-0.05, 0) is 12.1 Å². The van der Waals surface area contributed by atoms with Crippen molar-refractivity contribution in [2.45, 2.75) is 13.0 Å². The lowest BCUT2D eigenvalue weighted by Crippen LogP contribution is -2.45. The van der Waals surface area contributed by atoms with E-state index in [0.717, 1.165) is 0 Å². The van der Waals surface area contributed by atoms with Crippen LogP contribution in [0.3, 0.4) is 0 Å². The van der Waals surface area contributed by atoms with Gasteiger partial charge >= 0.3 is 6.03 Å². The summed E-state index contributed by atoms with van der Waals surface area (Å²) in [6, 6.07) is 6.14. The molecule has 0 unspecified atom stereocenters. The average Bonchev–Trinajstić information content (AvgIpc) is 2.80. The Kier molecular flexibility index (Phi) is 4.66. The second-order valence-corrected chi connectivity index (χ2v) is 5.61. The summed E-state index contributed by atoms with van der Waals surface area (Å²) in [5, 5.41) is 2.67. The number of ether oxygens (including phenoxy) is 2. The lowest BCUT2D eigenvalue weighted by Gasteiger charge is -2.26. The molecule has 1 aromatic carbocycles. The van der Waals surface area contributed by atoms with Crippen LogP contribution in [0.15, 0.2) is 24.3 Å². The molecule has 0 aromatic heterocycles. The summed E-state index contributed by atoms with van der Waals surface area (Å²) in [7, 11) is 0. The Hall–Kier alpha value is -2.61. The van der Waals surface area contributed by atoms with Crippen LogP contribution in [0.1, 0.15) is 6.92 Å². The lowest BCUT2D eigenvalue weighted by atomic mass is 10.2. The first-order chi connectivity index (χ1) is 11.6. The van der Waals surface area contributed by atoms with Gasteiger partial charge in [-0.2, -0.15) is 0 Å². The molecule has 0 spiro atoms. The molecule has 1 atom stereocenters. The second kappa shape index (κ2) is 6.88. The molecule has 1 N–H and O–H groups in total. The van der Waals surface area contributed by atoms with E-state index in [2.05, 4.69) is 5.32 Å². The molecule has 8 heteroatoms. The quantitative estimate of drug-likeness (QED) is 0.801. The van der Waals surface area contributed by atoms with Gasteiger partial charge in [-0.3, -0.25) is 14.5 Å². The highest BCUT2D eigenvalue weighted by molar-refractivity contribution is 6.04. The Balaban J connectivity index is 1.55. The molecule has 24 heavy (non-hydrogen) atoms. The number of amides is 4. The van der Waals surface area contributed by atoms with Crippen molar-refractivity contribution >= 4 is 23.5 Å². The summed E-state index contributed by atoms with van der Waals surface area (Å²) in [4.78, 5) is 38.3. The van der Waals surface area contributed by atoms with Crippen molar-refractivity contribution in [1.29, 1.82) is 0 Å². The summed E-state index contributed by atoms with van der Waals surface area (Å²) < 4.78 is 10.9. The standard InChI is InChI=1S/C16H19N3O5/c1-11(20)17-12-3-2-4-13(9-12)24-8-6-19-15(21)14-10-23-7-5-18(14)16(19)22/h2-4,9,14H,5-8,10H2,1H3,(H,17,20)/t14-/m1/s1. The van der Waals surface area contributed by atoms with Crippen LogP contribution in [0.2, 0.25) is 0 Å². The molecular formula is C16H19N3O5. The predicted octanol–water partition coefficient (Wildman–Crippen LogP) is 0.687. The number of rotatable bonds is 5. The molecule has 128 valence electrons. The molecule has 2 saturated heterocycles. The summed E-state index contributed by atoms with van der Waals surface area (Å²) in [6.07, 6.45) is 0.